The van der Waals surface area contributed by atoms with Crippen LogP contribution in [0.15, 0.2) is 36.8 Å². The minimum Gasteiger partial charge on any atom is -0.306 e. The number of halogens is 1. The van der Waals surface area contributed by atoms with Crippen molar-refractivity contribution in [1.82, 2.24) is 15.3 Å². The van der Waals surface area contributed by atoms with E-state index in [4.69, 9.17) is 0 Å². The monoisotopic (exact) mass is 245 g/mol. The van der Waals surface area contributed by atoms with Crippen molar-refractivity contribution in [3.05, 3.63) is 59.4 Å². The molecule has 4 heteroatoms. The highest BCUT2D eigenvalue weighted by Gasteiger charge is 2.18. The molecule has 1 atom stereocenters. The second kappa shape index (κ2) is 5.69. The van der Waals surface area contributed by atoms with Crippen molar-refractivity contribution in [3.8, 4) is 0 Å². The molecule has 0 aliphatic heterocycles. The van der Waals surface area contributed by atoms with Crippen LogP contribution in [0.2, 0.25) is 0 Å². The van der Waals surface area contributed by atoms with Gasteiger partial charge in [0.05, 0.1) is 12.2 Å². The minimum absolute atomic E-state index is 0.188. The second-order valence-corrected chi connectivity index (χ2v) is 4.07. The SMILES string of the molecule is CCNC(c1ccncc1F)c1cccnc1C. The van der Waals surface area contributed by atoms with Gasteiger partial charge < -0.3 is 5.32 Å². The second-order valence-electron chi connectivity index (χ2n) is 4.07. The van der Waals surface area contributed by atoms with Gasteiger partial charge in [0.2, 0.25) is 0 Å². The van der Waals surface area contributed by atoms with E-state index in [1.807, 2.05) is 26.0 Å². The van der Waals surface area contributed by atoms with Gasteiger partial charge >= 0.3 is 0 Å². The predicted octanol–water partition coefficient (Wildman–Crippen LogP) is 2.62. The van der Waals surface area contributed by atoms with Gasteiger partial charge in [-0.1, -0.05) is 13.0 Å². The van der Waals surface area contributed by atoms with Crippen molar-refractivity contribution in [2.75, 3.05) is 6.54 Å². The Kier molecular flexibility index (Phi) is 3.99. The fourth-order valence-electron chi connectivity index (χ4n) is 2.01. The molecule has 0 radical (unpaired) electrons. The van der Waals surface area contributed by atoms with Crippen molar-refractivity contribution in [2.45, 2.75) is 19.9 Å². The number of aromatic nitrogens is 2. The Morgan fingerprint density at radius 3 is 2.78 bits per heavy atom. The molecule has 2 aromatic heterocycles. The van der Waals surface area contributed by atoms with Crippen molar-refractivity contribution in [1.29, 1.82) is 0 Å². The lowest BCUT2D eigenvalue weighted by Crippen LogP contribution is -2.24. The molecular formula is C14H16FN3. The Morgan fingerprint density at radius 2 is 2.11 bits per heavy atom. The Morgan fingerprint density at radius 1 is 1.28 bits per heavy atom. The number of rotatable bonds is 4. The molecule has 0 saturated carbocycles. The molecule has 2 heterocycles. The highest BCUT2D eigenvalue weighted by atomic mass is 19.1. The molecule has 1 N–H and O–H groups in total. The van der Waals surface area contributed by atoms with Crippen LogP contribution in [0.25, 0.3) is 0 Å². The fraction of sp³-hybridized carbons (Fsp3) is 0.286. The Hall–Kier alpha value is -1.81. The van der Waals surface area contributed by atoms with E-state index in [0.29, 0.717) is 5.56 Å². The van der Waals surface area contributed by atoms with Gasteiger partial charge in [-0.15, -0.1) is 0 Å². The zero-order chi connectivity index (χ0) is 13.0. The Bertz CT molecular complexity index is 482. The molecule has 0 bridgehead atoms. The van der Waals surface area contributed by atoms with E-state index >= 15 is 0 Å². The average Bonchev–Trinajstić information content (AvgIpc) is 2.38. The smallest absolute Gasteiger partial charge is 0.146 e. The minimum atomic E-state index is -0.299. The Balaban J connectivity index is 2.47. The lowest BCUT2D eigenvalue weighted by atomic mass is 9.98. The van der Waals surface area contributed by atoms with Crippen LogP contribution in [-0.4, -0.2) is 16.5 Å². The molecule has 2 rings (SSSR count). The van der Waals surface area contributed by atoms with Gasteiger partial charge in [-0.05, 0) is 31.2 Å². The largest absolute Gasteiger partial charge is 0.306 e. The molecule has 1 unspecified atom stereocenters. The van der Waals surface area contributed by atoms with E-state index < -0.39 is 0 Å². The summed E-state index contributed by atoms with van der Waals surface area (Å²) < 4.78 is 13.9. The summed E-state index contributed by atoms with van der Waals surface area (Å²) in [5.74, 6) is -0.299. The first-order valence-electron chi connectivity index (χ1n) is 5.98. The third-order valence-electron chi connectivity index (χ3n) is 2.88. The van der Waals surface area contributed by atoms with Crippen molar-refractivity contribution >= 4 is 0 Å². The van der Waals surface area contributed by atoms with E-state index in [1.165, 1.54) is 6.20 Å². The zero-order valence-electron chi connectivity index (χ0n) is 10.5. The summed E-state index contributed by atoms with van der Waals surface area (Å²) in [7, 11) is 0. The van der Waals surface area contributed by atoms with E-state index in [9.17, 15) is 4.39 Å². The predicted molar refractivity (Wildman–Crippen MR) is 68.7 cm³/mol. The van der Waals surface area contributed by atoms with Crippen LogP contribution in [0.1, 0.15) is 29.8 Å². The maximum atomic E-state index is 13.9. The summed E-state index contributed by atoms with van der Waals surface area (Å²) in [6.07, 6.45) is 4.59. The molecule has 0 fully saturated rings. The van der Waals surface area contributed by atoms with Crippen molar-refractivity contribution in [3.63, 3.8) is 0 Å². The third kappa shape index (κ3) is 2.54. The lowest BCUT2D eigenvalue weighted by Gasteiger charge is -2.20. The summed E-state index contributed by atoms with van der Waals surface area (Å²) in [5, 5.41) is 3.29. The normalized spacial score (nSPS) is 12.4. The molecule has 0 saturated heterocycles. The Labute approximate surface area is 106 Å². The quantitative estimate of drug-likeness (QED) is 0.899. The molecule has 18 heavy (non-hydrogen) atoms. The topological polar surface area (TPSA) is 37.8 Å². The van der Waals surface area contributed by atoms with Crippen LogP contribution in [0, 0.1) is 12.7 Å². The molecule has 0 aromatic carbocycles. The van der Waals surface area contributed by atoms with E-state index in [0.717, 1.165) is 17.8 Å². The number of pyridine rings is 2. The highest BCUT2D eigenvalue weighted by molar-refractivity contribution is 5.33. The molecule has 0 aliphatic rings. The van der Waals surface area contributed by atoms with E-state index in [1.54, 1.807) is 18.5 Å². The van der Waals surface area contributed by atoms with Crippen LogP contribution in [0.5, 0.6) is 0 Å². The van der Waals surface area contributed by atoms with Crippen LogP contribution in [0.3, 0.4) is 0 Å². The fourth-order valence-corrected chi connectivity index (χ4v) is 2.01. The zero-order valence-corrected chi connectivity index (χ0v) is 10.5. The summed E-state index contributed by atoms with van der Waals surface area (Å²) >= 11 is 0. The van der Waals surface area contributed by atoms with Gasteiger partial charge in [-0.25, -0.2) is 4.39 Å². The first kappa shape index (κ1) is 12.6. The third-order valence-corrected chi connectivity index (χ3v) is 2.88. The van der Waals surface area contributed by atoms with Crippen LogP contribution < -0.4 is 5.32 Å². The number of hydrogen-bond acceptors (Lipinski definition) is 3. The number of aryl methyl sites for hydroxylation is 1. The van der Waals surface area contributed by atoms with Crippen LogP contribution in [0.4, 0.5) is 4.39 Å². The lowest BCUT2D eigenvalue weighted by molar-refractivity contribution is 0.552. The van der Waals surface area contributed by atoms with Gasteiger partial charge in [-0.2, -0.15) is 0 Å². The standard InChI is InChI=1S/C14H16FN3/c1-3-17-14(11-5-4-7-18-10(11)2)12-6-8-16-9-13(12)15/h4-9,14,17H,3H2,1-2H3. The molecule has 0 amide bonds. The van der Waals surface area contributed by atoms with Crippen LogP contribution in [-0.2, 0) is 0 Å². The van der Waals surface area contributed by atoms with Gasteiger partial charge in [0.1, 0.15) is 5.82 Å². The maximum absolute atomic E-state index is 13.9. The summed E-state index contributed by atoms with van der Waals surface area (Å²) in [5.41, 5.74) is 2.49. The molecular weight excluding hydrogens is 229 g/mol. The molecule has 0 aliphatic carbocycles. The van der Waals surface area contributed by atoms with Gasteiger partial charge in [0.15, 0.2) is 0 Å². The average molecular weight is 245 g/mol. The number of nitrogens with zero attached hydrogens (tertiary/aromatic N) is 2. The van der Waals surface area contributed by atoms with E-state index in [2.05, 4.69) is 15.3 Å². The molecule has 0 spiro atoms. The van der Waals surface area contributed by atoms with Gasteiger partial charge in [0, 0.05) is 23.7 Å². The first-order valence-corrected chi connectivity index (χ1v) is 5.98. The van der Waals surface area contributed by atoms with Crippen molar-refractivity contribution < 1.29 is 4.39 Å². The molecule has 94 valence electrons. The van der Waals surface area contributed by atoms with Gasteiger partial charge in [-0.3, -0.25) is 9.97 Å². The summed E-state index contributed by atoms with van der Waals surface area (Å²) in [6.45, 7) is 4.68. The number of hydrogen-bond donors (Lipinski definition) is 1. The maximum Gasteiger partial charge on any atom is 0.146 e. The molecule has 3 nitrogen and oxygen atoms in total. The van der Waals surface area contributed by atoms with E-state index in [-0.39, 0.29) is 11.9 Å². The van der Waals surface area contributed by atoms with Crippen molar-refractivity contribution in [2.24, 2.45) is 0 Å². The summed E-state index contributed by atoms with van der Waals surface area (Å²) in [6, 6.07) is 5.35. The summed E-state index contributed by atoms with van der Waals surface area (Å²) in [4.78, 5) is 8.04. The van der Waals surface area contributed by atoms with Gasteiger partial charge in [0.25, 0.3) is 0 Å². The number of nitrogens with one attached hydrogen (secondary N) is 1. The van der Waals surface area contributed by atoms with Crippen LogP contribution >= 0.6 is 0 Å². The molecule has 2 aromatic rings. The highest BCUT2D eigenvalue weighted by Crippen LogP contribution is 2.25. The first-order chi connectivity index (χ1) is 8.74.